The topological polar surface area (TPSA) is 66.5 Å². The van der Waals surface area contributed by atoms with Crippen LogP contribution < -0.4 is 5.32 Å². The lowest BCUT2D eigenvalue weighted by Crippen LogP contribution is -2.23. The molecule has 2 rings (SSSR count). The minimum atomic E-state index is -3.56. The van der Waals surface area contributed by atoms with Crippen molar-refractivity contribution in [3.63, 3.8) is 0 Å². The molecule has 0 spiro atoms. The van der Waals surface area contributed by atoms with Gasteiger partial charge in [-0.2, -0.15) is 0 Å². The van der Waals surface area contributed by atoms with Gasteiger partial charge in [0.15, 0.2) is 0 Å². The van der Waals surface area contributed by atoms with E-state index in [2.05, 4.69) is 5.32 Å². The molecule has 0 atom stereocenters. The van der Waals surface area contributed by atoms with E-state index in [0.29, 0.717) is 28.4 Å². The van der Waals surface area contributed by atoms with Gasteiger partial charge in [-0.1, -0.05) is 17.7 Å². The van der Waals surface area contributed by atoms with Crippen LogP contribution in [0.2, 0.25) is 5.02 Å². The Kier molecular flexibility index (Phi) is 7.11. The second-order valence-corrected chi connectivity index (χ2v) is 9.59. The maximum Gasteiger partial charge on any atom is 0.242 e. The number of carbonyl (C=O) groups excluding carboxylic acids is 1. The summed E-state index contributed by atoms with van der Waals surface area (Å²) in [5.41, 5.74) is 1.10. The number of carbonyl (C=O) groups is 1. The van der Waals surface area contributed by atoms with Crippen molar-refractivity contribution in [3.8, 4) is 0 Å². The van der Waals surface area contributed by atoms with E-state index < -0.39 is 10.0 Å². The van der Waals surface area contributed by atoms with Crippen LogP contribution in [-0.4, -0.2) is 38.5 Å². The third kappa shape index (κ3) is 5.48. The Balaban J connectivity index is 1.97. The summed E-state index contributed by atoms with van der Waals surface area (Å²) in [6, 6.07) is 12.3. The van der Waals surface area contributed by atoms with Gasteiger partial charge in [0.1, 0.15) is 0 Å². The number of thioether (sulfide) groups is 1. The molecule has 1 N–H and O–H groups in total. The van der Waals surface area contributed by atoms with Gasteiger partial charge in [0.25, 0.3) is 0 Å². The van der Waals surface area contributed by atoms with Crippen molar-refractivity contribution in [1.82, 2.24) is 4.31 Å². The van der Waals surface area contributed by atoms with Crippen molar-refractivity contribution in [3.05, 3.63) is 53.1 Å². The average molecular weight is 413 g/mol. The van der Waals surface area contributed by atoms with Crippen LogP contribution in [0.4, 0.5) is 5.69 Å². The van der Waals surface area contributed by atoms with Gasteiger partial charge in [-0.25, -0.2) is 12.7 Å². The summed E-state index contributed by atoms with van der Waals surface area (Å²) in [4.78, 5) is 13.4. The fourth-order valence-electron chi connectivity index (χ4n) is 2.17. The van der Waals surface area contributed by atoms with Crippen molar-refractivity contribution in [2.75, 3.05) is 25.2 Å². The van der Waals surface area contributed by atoms with Gasteiger partial charge in [-0.3, -0.25) is 4.79 Å². The number of rotatable bonds is 7. The number of hydrogen-bond donors (Lipinski definition) is 1. The lowest BCUT2D eigenvalue weighted by atomic mass is 10.2. The van der Waals surface area contributed by atoms with Crippen LogP contribution in [0.1, 0.15) is 12.0 Å². The third-order valence-corrected chi connectivity index (χ3v) is 6.86. The summed E-state index contributed by atoms with van der Waals surface area (Å²) in [7, 11) is -0.595. The Morgan fingerprint density at radius 1 is 1.15 bits per heavy atom. The van der Waals surface area contributed by atoms with Crippen molar-refractivity contribution in [1.29, 1.82) is 0 Å². The quantitative estimate of drug-likeness (QED) is 0.697. The Morgan fingerprint density at radius 3 is 2.42 bits per heavy atom. The number of hydrogen-bond acceptors (Lipinski definition) is 4. The van der Waals surface area contributed by atoms with Crippen molar-refractivity contribution in [2.45, 2.75) is 23.1 Å². The lowest BCUT2D eigenvalue weighted by molar-refractivity contribution is -0.115. The highest BCUT2D eigenvalue weighted by atomic mass is 35.5. The van der Waals surface area contributed by atoms with E-state index in [4.69, 9.17) is 11.6 Å². The standard InChI is InChI=1S/C18H21ClN2O3S2/c1-13-4-7-15(12-17(13)26(23,24)21(2)3)20-18(22)10-11-25-16-8-5-14(19)6-9-16/h4-9,12H,10-11H2,1-3H3,(H,20,22). The van der Waals surface area contributed by atoms with Gasteiger partial charge in [0, 0.05) is 41.9 Å². The highest BCUT2D eigenvalue weighted by Gasteiger charge is 2.20. The molecular weight excluding hydrogens is 392 g/mol. The molecule has 0 bridgehead atoms. The minimum absolute atomic E-state index is 0.163. The van der Waals surface area contributed by atoms with E-state index in [0.717, 1.165) is 9.20 Å². The van der Waals surface area contributed by atoms with Gasteiger partial charge < -0.3 is 5.32 Å². The molecule has 0 aliphatic rings. The first-order chi connectivity index (χ1) is 12.2. The molecule has 8 heteroatoms. The monoisotopic (exact) mass is 412 g/mol. The molecule has 0 heterocycles. The van der Waals surface area contributed by atoms with Gasteiger partial charge >= 0.3 is 0 Å². The van der Waals surface area contributed by atoms with E-state index in [1.807, 2.05) is 24.3 Å². The highest BCUT2D eigenvalue weighted by Crippen LogP contribution is 2.23. The number of amides is 1. The van der Waals surface area contributed by atoms with Gasteiger partial charge in [-0.15, -0.1) is 11.8 Å². The SMILES string of the molecule is Cc1ccc(NC(=O)CCSc2ccc(Cl)cc2)cc1S(=O)(=O)N(C)C. The second kappa shape index (κ2) is 8.90. The Bertz CT molecular complexity index is 882. The maximum atomic E-state index is 12.3. The zero-order chi connectivity index (χ0) is 19.3. The summed E-state index contributed by atoms with van der Waals surface area (Å²) in [5, 5.41) is 3.44. The molecule has 0 radical (unpaired) electrons. The molecule has 0 saturated carbocycles. The Hall–Kier alpha value is -1.54. The van der Waals surface area contributed by atoms with Crippen molar-refractivity contribution >= 4 is 45.0 Å². The van der Waals surface area contributed by atoms with Crippen LogP contribution in [-0.2, 0) is 14.8 Å². The van der Waals surface area contributed by atoms with Gasteiger partial charge in [-0.05, 0) is 48.9 Å². The Morgan fingerprint density at radius 2 is 1.81 bits per heavy atom. The molecule has 140 valence electrons. The van der Waals surface area contributed by atoms with Crippen molar-refractivity contribution < 1.29 is 13.2 Å². The number of benzene rings is 2. The average Bonchev–Trinajstić information content (AvgIpc) is 2.58. The number of sulfonamides is 1. The van der Waals surface area contributed by atoms with Crippen LogP contribution in [0.25, 0.3) is 0 Å². The fourth-order valence-corrected chi connectivity index (χ4v) is 4.29. The van der Waals surface area contributed by atoms with E-state index in [1.165, 1.54) is 20.2 Å². The molecule has 0 unspecified atom stereocenters. The van der Waals surface area contributed by atoms with E-state index in [9.17, 15) is 13.2 Å². The van der Waals surface area contributed by atoms with Gasteiger partial charge in [0.05, 0.1) is 4.90 Å². The molecular formula is C18H21ClN2O3S2. The first kappa shape index (κ1) is 20.8. The molecule has 26 heavy (non-hydrogen) atoms. The van der Waals surface area contributed by atoms with Gasteiger partial charge in [0.2, 0.25) is 15.9 Å². The molecule has 2 aromatic carbocycles. The number of aryl methyl sites for hydroxylation is 1. The number of nitrogens with zero attached hydrogens (tertiary/aromatic N) is 1. The first-order valence-electron chi connectivity index (χ1n) is 7.91. The molecule has 0 saturated heterocycles. The smallest absolute Gasteiger partial charge is 0.242 e. The normalized spacial score (nSPS) is 11.6. The predicted molar refractivity (Wildman–Crippen MR) is 107 cm³/mol. The summed E-state index contributed by atoms with van der Waals surface area (Å²) in [5.74, 6) is 0.450. The summed E-state index contributed by atoms with van der Waals surface area (Å²) in [6.07, 6.45) is 0.316. The molecule has 2 aromatic rings. The maximum absolute atomic E-state index is 12.3. The summed E-state index contributed by atoms with van der Waals surface area (Å²) in [6.45, 7) is 1.73. The predicted octanol–water partition coefficient (Wildman–Crippen LogP) is 4.02. The zero-order valence-electron chi connectivity index (χ0n) is 14.8. The first-order valence-corrected chi connectivity index (χ1v) is 10.7. The lowest BCUT2D eigenvalue weighted by Gasteiger charge is -2.15. The largest absolute Gasteiger partial charge is 0.326 e. The number of halogens is 1. The van der Waals surface area contributed by atoms with Crippen LogP contribution in [0.5, 0.6) is 0 Å². The van der Waals surface area contributed by atoms with Crippen molar-refractivity contribution in [2.24, 2.45) is 0 Å². The van der Waals surface area contributed by atoms with Crippen LogP contribution >= 0.6 is 23.4 Å². The highest BCUT2D eigenvalue weighted by molar-refractivity contribution is 7.99. The molecule has 1 amide bonds. The molecule has 0 fully saturated rings. The van der Waals surface area contributed by atoms with Crippen LogP contribution in [0.15, 0.2) is 52.3 Å². The molecule has 0 aromatic heterocycles. The number of anilines is 1. The number of nitrogens with one attached hydrogen (secondary N) is 1. The van der Waals surface area contributed by atoms with Crippen LogP contribution in [0.3, 0.4) is 0 Å². The Labute approximate surface area is 163 Å². The fraction of sp³-hybridized carbons (Fsp3) is 0.278. The van der Waals surface area contributed by atoms with E-state index >= 15 is 0 Å². The van der Waals surface area contributed by atoms with Crippen LogP contribution in [0, 0.1) is 6.92 Å². The molecule has 5 nitrogen and oxygen atoms in total. The zero-order valence-corrected chi connectivity index (χ0v) is 17.2. The second-order valence-electron chi connectivity index (χ2n) is 5.87. The summed E-state index contributed by atoms with van der Waals surface area (Å²) < 4.78 is 25.8. The third-order valence-electron chi connectivity index (χ3n) is 3.64. The molecule has 0 aliphatic carbocycles. The molecule has 0 aliphatic heterocycles. The summed E-state index contributed by atoms with van der Waals surface area (Å²) >= 11 is 7.40. The van der Waals surface area contributed by atoms with E-state index in [-0.39, 0.29) is 10.8 Å². The minimum Gasteiger partial charge on any atom is -0.326 e. The van der Waals surface area contributed by atoms with E-state index in [1.54, 1.807) is 30.8 Å².